The Balaban J connectivity index is 3.61. The zero-order chi connectivity index (χ0) is 36.3. The summed E-state index contributed by atoms with van der Waals surface area (Å²) in [5, 5.41) is 9.58. The Morgan fingerprint density at radius 2 is 0.900 bits per heavy atom. The van der Waals surface area contributed by atoms with E-state index < -0.39 is 6.10 Å². The number of rotatable bonds is 36. The van der Waals surface area contributed by atoms with Gasteiger partial charge in [0.1, 0.15) is 6.10 Å². The van der Waals surface area contributed by atoms with Gasteiger partial charge >= 0.3 is 5.97 Å². The van der Waals surface area contributed by atoms with Crippen LogP contribution in [0.1, 0.15) is 162 Å². The highest BCUT2D eigenvalue weighted by atomic mass is 16.6. The van der Waals surface area contributed by atoms with Gasteiger partial charge in [0, 0.05) is 13.0 Å². The van der Waals surface area contributed by atoms with Crippen molar-refractivity contribution in [1.82, 2.24) is 0 Å². The molecule has 1 atom stereocenters. The maximum atomic E-state index is 12.2. The number of hydrogen-bond acceptors (Lipinski definition) is 4. The fourth-order valence-electron chi connectivity index (χ4n) is 5.15. The molecule has 0 bridgehead atoms. The average Bonchev–Trinajstić information content (AvgIpc) is 3.12. The molecule has 284 valence electrons. The van der Waals surface area contributed by atoms with Crippen LogP contribution < -0.4 is 0 Å². The third-order valence-electron chi connectivity index (χ3n) is 8.16. The minimum atomic E-state index is -0.584. The predicted octanol–water partition coefficient (Wildman–Crippen LogP) is 13.4. The van der Waals surface area contributed by atoms with E-state index in [1.807, 2.05) is 6.08 Å². The second-order valence-electron chi connectivity index (χ2n) is 13.0. The van der Waals surface area contributed by atoms with E-state index in [0.29, 0.717) is 19.4 Å². The molecule has 1 N–H and O–H groups in total. The van der Waals surface area contributed by atoms with Crippen LogP contribution >= 0.6 is 0 Å². The van der Waals surface area contributed by atoms with E-state index in [-0.39, 0.29) is 19.2 Å². The molecule has 0 fully saturated rings. The van der Waals surface area contributed by atoms with Gasteiger partial charge in [-0.1, -0.05) is 169 Å². The van der Waals surface area contributed by atoms with Crippen LogP contribution in [0.3, 0.4) is 0 Å². The molecule has 0 aromatic carbocycles. The molecule has 1 unspecified atom stereocenters. The third-order valence-corrected chi connectivity index (χ3v) is 8.16. The molecule has 0 heterocycles. The molecule has 50 heavy (non-hydrogen) atoms. The van der Waals surface area contributed by atoms with E-state index in [0.717, 1.165) is 57.8 Å². The molecule has 4 heteroatoms. The summed E-state index contributed by atoms with van der Waals surface area (Å²) in [4.78, 5) is 12.2. The second-order valence-corrected chi connectivity index (χ2v) is 13.0. The number of aliphatic hydroxyl groups is 1. The molecular formula is C46H76O4. The topological polar surface area (TPSA) is 55.8 Å². The Bertz CT molecular complexity index is 949. The number of esters is 1. The summed E-state index contributed by atoms with van der Waals surface area (Å²) in [5.74, 6) is -0.288. The number of unbranched alkanes of at least 4 members (excludes halogenated alkanes) is 12. The van der Waals surface area contributed by atoms with Gasteiger partial charge in [0.15, 0.2) is 0 Å². The summed E-state index contributed by atoms with van der Waals surface area (Å²) in [7, 11) is 0. The fraction of sp³-hybridized carbons (Fsp3) is 0.630. The largest absolute Gasteiger partial charge is 0.457 e. The van der Waals surface area contributed by atoms with Crippen LogP contribution in [0.4, 0.5) is 0 Å². The molecule has 0 radical (unpaired) electrons. The molecular weight excluding hydrogens is 617 g/mol. The molecule has 0 rings (SSSR count). The number of aliphatic hydroxyl groups excluding tert-OH is 1. The fourth-order valence-corrected chi connectivity index (χ4v) is 5.15. The Kier molecular flexibility index (Phi) is 40.2. The van der Waals surface area contributed by atoms with Gasteiger partial charge in [-0.3, -0.25) is 4.79 Å². The van der Waals surface area contributed by atoms with Crippen LogP contribution in [0.25, 0.3) is 0 Å². The molecule has 0 amide bonds. The van der Waals surface area contributed by atoms with Gasteiger partial charge in [0.05, 0.1) is 13.2 Å². The van der Waals surface area contributed by atoms with Gasteiger partial charge in [0.25, 0.3) is 0 Å². The van der Waals surface area contributed by atoms with Crippen molar-refractivity contribution >= 4 is 5.97 Å². The molecule has 0 spiro atoms. The van der Waals surface area contributed by atoms with Crippen LogP contribution in [-0.2, 0) is 14.3 Å². The quantitative estimate of drug-likeness (QED) is 0.0403. The SMILES string of the molecule is CC/C=C\C/C=C\C/C=C\C/C=C\C/C=C\C/C=C\CCC(=O)OC(CO)COCCCCCCCCCC/C=C\C/C=C\CCCCCC. The van der Waals surface area contributed by atoms with E-state index >= 15 is 0 Å². The van der Waals surface area contributed by atoms with E-state index in [1.165, 1.54) is 77.0 Å². The highest BCUT2D eigenvalue weighted by molar-refractivity contribution is 5.69. The van der Waals surface area contributed by atoms with Gasteiger partial charge in [-0.2, -0.15) is 0 Å². The predicted molar refractivity (Wildman–Crippen MR) is 218 cm³/mol. The van der Waals surface area contributed by atoms with Gasteiger partial charge in [-0.05, 0) is 83.5 Å². The molecule has 0 aliphatic rings. The zero-order valence-corrected chi connectivity index (χ0v) is 32.4. The number of allylic oxidation sites excluding steroid dienone is 16. The van der Waals surface area contributed by atoms with E-state index in [9.17, 15) is 9.90 Å². The molecule has 4 nitrogen and oxygen atoms in total. The van der Waals surface area contributed by atoms with Gasteiger partial charge in [-0.25, -0.2) is 0 Å². The first-order valence-electron chi connectivity index (χ1n) is 20.3. The Hall–Kier alpha value is -2.69. The van der Waals surface area contributed by atoms with E-state index in [4.69, 9.17) is 9.47 Å². The monoisotopic (exact) mass is 693 g/mol. The average molecular weight is 693 g/mol. The first-order valence-corrected chi connectivity index (χ1v) is 20.3. The number of carbonyl (C=O) groups is 1. The van der Waals surface area contributed by atoms with Crippen LogP contribution in [0.5, 0.6) is 0 Å². The minimum Gasteiger partial charge on any atom is -0.457 e. The normalized spacial score (nSPS) is 13.4. The number of hydrogen-bond donors (Lipinski definition) is 1. The lowest BCUT2D eigenvalue weighted by atomic mass is 10.1. The molecule has 0 saturated carbocycles. The van der Waals surface area contributed by atoms with Crippen molar-refractivity contribution in [3.05, 3.63) is 97.2 Å². The molecule has 0 aromatic rings. The highest BCUT2D eigenvalue weighted by Crippen LogP contribution is 2.11. The van der Waals surface area contributed by atoms with Gasteiger partial charge in [-0.15, -0.1) is 0 Å². The second kappa shape index (κ2) is 42.5. The van der Waals surface area contributed by atoms with Crippen LogP contribution in [0, 0.1) is 0 Å². The highest BCUT2D eigenvalue weighted by Gasteiger charge is 2.13. The van der Waals surface area contributed by atoms with Crippen molar-refractivity contribution in [3.8, 4) is 0 Å². The summed E-state index contributed by atoms with van der Waals surface area (Å²) in [6, 6.07) is 0. The minimum absolute atomic E-state index is 0.211. The van der Waals surface area contributed by atoms with Crippen LogP contribution in [0.2, 0.25) is 0 Å². The third kappa shape index (κ3) is 39.7. The maximum Gasteiger partial charge on any atom is 0.306 e. The Morgan fingerprint density at radius 3 is 1.36 bits per heavy atom. The number of ether oxygens (including phenoxy) is 2. The summed E-state index contributed by atoms with van der Waals surface area (Å²) in [5.41, 5.74) is 0. The lowest BCUT2D eigenvalue weighted by molar-refractivity contribution is -0.154. The standard InChI is InChI=1S/C46H76O4/c1-3-5-7-9-11-13-15-17-19-21-23-25-27-29-31-33-35-37-39-41-46(48)50-45(43-47)44-49-42-40-38-36-34-32-30-28-26-24-22-20-18-16-14-12-10-8-6-4-2/h5,7,11,13-14,16-17,19-20,22-23,25,29,31,35,37,45,47H,3-4,6,8-10,12,15,18,21,24,26-28,30,32-34,36,38-44H2,1-2H3/b7-5-,13-11-,16-14-,19-17-,22-20-,25-23-,31-29-,37-35-. The van der Waals surface area contributed by atoms with Gasteiger partial charge in [0.2, 0.25) is 0 Å². The first-order chi connectivity index (χ1) is 24.7. The van der Waals surface area contributed by atoms with Crippen molar-refractivity contribution in [2.75, 3.05) is 19.8 Å². The van der Waals surface area contributed by atoms with Crippen molar-refractivity contribution in [3.63, 3.8) is 0 Å². The van der Waals surface area contributed by atoms with E-state index in [2.05, 4.69) is 105 Å². The smallest absolute Gasteiger partial charge is 0.306 e. The molecule has 0 saturated heterocycles. The summed E-state index contributed by atoms with van der Waals surface area (Å²) in [6.07, 6.45) is 60.4. The summed E-state index contributed by atoms with van der Waals surface area (Å²) < 4.78 is 11.1. The van der Waals surface area contributed by atoms with E-state index in [1.54, 1.807) is 0 Å². The Labute approximate surface area is 309 Å². The molecule has 0 aliphatic heterocycles. The van der Waals surface area contributed by atoms with Crippen LogP contribution in [-0.4, -0.2) is 37.0 Å². The first kappa shape index (κ1) is 47.3. The van der Waals surface area contributed by atoms with Crippen molar-refractivity contribution in [1.29, 1.82) is 0 Å². The zero-order valence-electron chi connectivity index (χ0n) is 32.4. The van der Waals surface area contributed by atoms with Crippen molar-refractivity contribution < 1.29 is 19.4 Å². The Morgan fingerprint density at radius 1 is 0.500 bits per heavy atom. The number of carbonyl (C=O) groups excluding carboxylic acids is 1. The maximum absolute atomic E-state index is 12.2. The lowest BCUT2D eigenvalue weighted by Gasteiger charge is -2.15. The summed E-state index contributed by atoms with van der Waals surface area (Å²) >= 11 is 0. The van der Waals surface area contributed by atoms with Gasteiger partial charge < -0.3 is 14.6 Å². The summed E-state index contributed by atoms with van der Waals surface area (Å²) in [6.45, 7) is 5.11. The van der Waals surface area contributed by atoms with Crippen molar-refractivity contribution in [2.45, 2.75) is 168 Å². The van der Waals surface area contributed by atoms with Crippen molar-refractivity contribution in [2.24, 2.45) is 0 Å². The van der Waals surface area contributed by atoms with Crippen LogP contribution in [0.15, 0.2) is 97.2 Å². The lowest BCUT2D eigenvalue weighted by Crippen LogP contribution is -2.27. The molecule has 0 aromatic heterocycles. The molecule has 0 aliphatic carbocycles.